The summed E-state index contributed by atoms with van der Waals surface area (Å²) in [6, 6.07) is 9.52. The van der Waals surface area contributed by atoms with Crippen molar-refractivity contribution in [2.45, 2.75) is 19.4 Å². The number of carbonyl (C=O) groups excluding carboxylic acids is 3. The van der Waals surface area contributed by atoms with E-state index in [4.69, 9.17) is 0 Å². The van der Waals surface area contributed by atoms with Crippen LogP contribution in [0.4, 0.5) is 0 Å². The van der Waals surface area contributed by atoms with Crippen LogP contribution < -0.4 is 5.32 Å². The molecule has 5 nitrogen and oxygen atoms in total. The van der Waals surface area contributed by atoms with Crippen LogP contribution in [0.5, 0.6) is 0 Å². The second kappa shape index (κ2) is 6.13. The number of hydrogen-bond donors (Lipinski definition) is 1. The quantitative estimate of drug-likeness (QED) is 0.672. The van der Waals surface area contributed by atoms with Gasteiger partial charge in [-0.3, -0.25) is 19.3 Å². The van der Waals surface area contributed by atoms with Crippen molar-refractivity contribution >= 4 is 17.7 Å². The standard InChI is InChI=1S/C17H18N2O3/c20-15(18-10-12-6-2-1-3-7-12)11-19-16(21)13-8-4-5-9-14(13)17(19)22/h1-7,13-14H,8-11H2,(H,18,20)/t13-,14-/m0/s1. The van der Waals surface area contributed by atoms with Crippen molar-refractivity contribution < 1.29 is 14.4 Å². The summed E-state index contributed by atoms with van der Waals surface area (Å²) in [5, 5.41) is 2.75. The zero-order valence-corrected chi connectivity index (χ0v) is 12.2. The van der Waals surface area contributed by atoms with E-state index in [0.29, 0.717) is 19.4 Å². The van der Waals surface area contributed by atoms with Gasteiger partial charge in [0.2, 0.25) is 17.7 Å². The van der Waals surface area contributed by atoms with Gasteiger partial charge in [-0.05, 0) is 18.4 Å². The molecule has 22 heavy (non-hydrogen) atoms. The SMILES string of the molecule is O=C(CN1C(=O)[C@H]2CC=CC[C@@H]2C1=O)NCc1ccccc1. The monoisotopic (exact) mass is 298 g/mol. The molecule has 3 amide bonds. The highest BCUT2D eigenvalue weighted by Gasteiger charge is 2.47. The summed E-state index contributed by atoms with van der Waals surface area (Å²) in [6.45, 7) is 0.210. The molecule has 1 saturated heterocycles. The molecule has 0 unspecified atom stereocenters. The molecule has 0 saturated carbocycles. The van der Waals surface area contributed by atoms with Crippen molar-refractivity contribution in [1.29, 1.82) is 0 Å². The van der Waals surface area contributed by atoms with Crippen molar-refractivity contribution in [2.75, 3.05) is 6.54 Å². The van der Waals surface area contributed by atoms with Gasteiger partial charge in [0.15, 0.2) is 0 Å². The Kier molecular flexibility index (Phi) is 4.04. The fourth-order valence-corrected chi connectivity index (χ4v) is 3.02. The molecule has 1 aliphatic heterocycles. The molecule has 2 aliphatic rings. The van der Waals surface area contributed by atoms with E-state index in [1.165, 1.54) is 0 Å². The minimum atomic E-state index is -0.308. The van der Waals surface area contributed by atoms with Gasteiger partial charge < -0.3 is 5.32 Å². The molecular weight excluding hydrogens is 280 g/mol. The first-order valence-corrected chi connectivity index (χ1v) is 7.47. The Labute approximate surface area is 129 Å². The van der Waals surface area contributed by atoms with Gasteiger partial charge >= 0.3 is 0 Å². The van der Waals surface area contributed by atoms with Crippen molar-refractivity contribution in [3.8, 4) is 0 Å². The maximum absolute atomic E-state index is 12.3. The molecule has 0 aromatic heterocycles. The molecule has 1 aromatic carbocycles. The number of nitrogens with zero attached hydrogens (tertiary/aromatic N) is 1. The van der Waals surface area contributed by atoms with E-state index < -0.39 is 0 Å². The first kappa shape index (κ1) is 14.5. The van der Waals surface area contributed by atoms with Crippen LogP contribution in [0.3, 0.4) is 0 Å². The van der Waals surface area contributed by atoms with Crippen LogP contribution in [0, 0.1) is 11.8 Å². The second-order valence-electron chi connectivity index (χ2n) is 5.68. The highest BCUT2D eigenvalue weighted by Crippen LogP contribution is 2.34. The summed E-state index contributed by atoms with van der Waals surface area (Å²) < 4.78 is 0. The summed E-state index contributed by atoms with van der Waals surface area (Å²) in [7, 11) is 0. The van der Waals surface area contributed by atoms with Crippen LogP contribution in [0.1, 0.15) is 18.4 Å². The Morgan fingerprint density at radius 2 is 1.64 bits per heavy atom. The number of imide groups is 1. The molecule has 1 fully saturated rings. The molecule has 1 N–H and O–H groups in total. The number of allylic oxidation sites excluding steroid dienone is 2. The fraction of sp³-hybridized carbons (Fsp3) is 0.353. The highest BCUT2D eigenvalue weighted by atomic mass is 16.2. The summed E-state index contributed by atoms with van der Waals surface area (Å²) >= 11 is 0. The Bertz CT molecular complexity index is 598. The van der Waals surface area contributed by atoms with Crippen LogP contribution in [-0.2, 0) is 20.9 Å². The van der Waals surface area contributed by atoms with Crippen molar-refractivity contribution in [3.63, 3.8) is 0 Å². The van der Waals surface area contributed by atoms with Gasteiger partial charge in [-0.25, -0.2) is 0 Å². The van der Waals surface area contributed by atoms with E-state index in [2.05, 4.69) is 5.32 Å². The summed E-state index contributed by atoms with van der Waals surface area (Å²) in [5.41, 5.74) is 0.979. The molecule has 0 radical (unpaired) electrons. The molecule has 2 atom stereocenters. The maximum atomic E-state index is 12.3. The molecule has 1 aromatic rings. The smallest absolute Gasteiger partial charge is 0.240 e. The zero-order valence-electron chi connectivity index (χ0n) is 12.2. The Hall–Kier alpha value is -2.43. The van der Waals surface area contributed by atoms with Gasteiger partial charge in [0.05, 0.1) is 11.8 Å². The first-order chi connectivity index (χ1) is 10.7. The van der Waals surface area contributed by atoms with Crippen molar-refractivity contribution in [3.05, 3.63) is 48.0 Å². The highest BCUT2D eigenvalue weighted by molar-refractivity contribution is 6.07. The lowest BCUT2D eigenvalue weighted by Crippen LogP contribution is -2.40. The van der Waals surface area contributed by atoms with Gasteiger partial charge in [0.25, 0.3) is 0 Å². The van der Waals surface area contributed by atoms with Gasteiger partial charge in [-0.2, -0.15) is 0 Å². The molecule has 1 aliphatic carbocycles. The topological polar surface area (TPSA) is 66.5 Å². The normalized spacial score (nSPS) is 23.5. The average Bonchev–Trinajstić information content (AvgIpc) is 2.79. The average molecular weight is 298 g/mol. The van der Waals surface area contributed by atoms with Crippen LogP contribution >= 0.6 is 0 Å². The van der Waals surface area contributed by atoms with E-state index in [1.807, 2.05) is 42.5 Å². The number of hydrogen-bond acceptors (Lipinski definition) is 3. The molecule has 0 spiro atoms. The number of fused-ring (bicyclic) bond motifs is 1. The summed E-state index contributed by atoms with van der Waals surface area (Å²) in [4.78, 5) is 37.6. The minimum absolute atomic E-state index is 0.183. The molecule has 114 valence electrons. The van der Waals surface area contributed by atoms with E-state index in [9.17, 15) is 14.4 Å². The number of nitrogens with one attached hydrogen (secondary N) is 1. The van der Waals surface area contributed by atoms with E-state index in [-0.39, 0.29) is 36.1 Å². The number of benzene rings is 1. The Balaban J connectivity index is 1.57. The molecule has 0 bridgehead atoms. The van der Waals surface area contributed by atoms with E-state index >= 15 is 0 Å². The predicted molar refractivity (Wildman–Crippen MR) is 80.4 cm³/mol. The third-order valence-corrected chi connectivity index (χ3v) is 4.23. The number of likely N-dealkylation sites (tertiary alicyclic amines) is 1. The van der Waals surface area contributed by atoms with Crippen molar-refractivity contribution in [1.82, 2.24) is 10.2 Å². The zero-order chi connectivity index (χ0) is 15.5. The van der Waals surface area contributed by atoms with Gasteiger partial charge in [0.1, 0.15) is 6.54 Å². The van der Waals surface area contributed by atoms with Crippen LogP contribution in [0.25, 0.3) is 0 Å². The molecule has 3 rings (SSSR count). The van der Waals surface area contributed by atoms with Crippen LogP contribution in [0.2, 0.25) is 0 Å². The third-order valence-electron chi connectivity index (χ3n) is 4.23. The van der Waals surface area contributed by atoms with Gasteiger partial charge in [-0.15, -0.1) is 0 Å². The summed E-state index contributed by atoms with van der Waals surface area (Å²) in [6.07, 6.45) is 5.06. The molecule has 5 heteroatoms. The first-order valence-electron chi connectivity index (χ1n) is 7.47. The fourth-order valence-electron chi connectivity index (χ4n) is 3.02. The largest absolute Gasteiger partial charge is 0.350 e. The molecular formula is C17H18N2O3. The lowest BCUT2D eigenvalue weighted by atomic mass is 9.85. The predicted octanol–water partition coefficient (Wildman–Crippen LogP) is 1.25. The van der Waals surface area contributed by atoms with Gasteiger partial charge in [-0.1, -0.05) is 42.5 Å². The van der Waals surface area contributed by atoms with E-state index in [1.54, 1.807) is 0 Å². The third kappa shape index (κ3) is 2.79. The van der Waals surface area contributed by atoms with Crippen LogP contribution in [-0.4, -0.2) is 29.2 Å². The molecule has 1 heterocycles. The van der Waals surface area contributed by atoms with Crippen molar-refractivity contribution in [2.24, 2.45) is 11.8 Å². The summed E-state index contributed by atoms with van der Waals surface area (Å²) in [5.74, 6) is -1.29. The Morgan fingerprint density at radius 1 is 1.05 bits per heavy atom. The van der Waals surface area contributed by atoms with Crippen LogP contribution in [0.15, 0.2) is 42.5 Å². The number of amides is 3. The number of carbonyl (C=O) groups is 3. The van der Waals surface area contributed by atoms with Gasteiger partial charge in [0, 0.05) is 6.54 Å². The number of rotatable bonds is 4. The lowest BCUT2D eigenvalue weighted by Gasteiger charge is -2.14. The second-order valence-corrected chi connectivity index (χ2v) is 5.68. The Morgan fingerprint density at radius 3 is 2.23 bits per heavy atom. The minimum Gasteiger partial charge on any atom is -0.350 e. The maximum Gasteiger partial charge on any atom is 0.240 e. The lowest BCUT2D eigenvalue weighted by molar-refractivity contribution is -0.143. The van der Waals surface area contributed by atoms with E-state index in [0.717, 1.165) is 10.5 Å².